The summed E-state index contributed by atoms with van der Waals surface area (Å²) in [5.41, 5.74) is 14.6. The van der Waals surface area contributed by atoms with Gasteiger partial charge in [-0.25, -0.2) is 9.97 Å². The van der Waals surface area contributed by atoms with Crippen LogP contribution < -0.4 is 0 Å². The zero-order valence-corrected chi connectivity index (χ0v) is 31.2. The lowest BCUT2D eigenvalue weighted by Crippen LogP contribution is -2.28. The van der Waals surface area contributed by atoms with Crippen LogP contribution in [-0.2, 0) is 5.41 Å². The maximum absolute atomic E-state index is 5.19. The first-order valence-electron chi connectivity index (χ1n) is 19.1. The Morgan fingerprint density at radius 2 is 0.911 bits per heavy atom. The average molecular weight is 731 g/mol. The second kappa shape index (κ2) is 13.1. The van der Waals surface area contributed by atoms with Crippen molar-refractivity contribution in [2.75, 3.05) is 0 Å². The van der Waals surface area contributed by atoms with Gasteiger partial charge in [0.1, 0.15) is 0 Å². The summed E-state index contributed by atoms with van der Waals surface area (Å²) in [5.74, 6) is 0.719. The molecule has 0 radical (unpaired) electrons. The third-order valence-corrected chi connectivity index (χ3v) is 12.6. The zero-order chi connectivity index (χ0) is 37.1. The Labute approximate surface area is 330 Å². The van der Waals surface area contributed by atoms with Crippen LogP contribution in [-0.4, -0.2) is 9.97 Å². The lowest BCUT2D eigenvalue weighted by molar-refractivity contribution is 0.769. The molecule has 0 atom stereocenters. The maximum atomic E-state index is 5.19. The highest BCUT2D eigenvalue weighted by Crippen LogP contribution is 2.56. The highest BCUT2D eigenvalue weighted by Gasteiger charge is 2.45. The van der Waals surface area contributed by atoms with Gasteiger partial charge in [-0.1, -0.05) is 188 Å². The molecule has 0 aliphatic heterocycles. The first-order chi connectivity index (χ1) is 27.8. The fraction of sp³-hybridized carbons (Fsp3) is 0.0189. The summed E-state index contributed by atoms with van der Waals surface area (Å²) in [6.07, 6.45) is 0. The highest BCUT2D eigenvalue weighted by atomic mass is 32.1. The molecule has 262 valence electrons. The van der Waals surface area contributed by atoms with Crippen molar-refractivity contribution >= 4 is 31.5 Å². The topological polar surface area (TPSA) is 25.8 Å². The molecule has 1 aliphatic rings. The van der Waals surface area contributed by atoms with Gasteiger partial charge < -0.3 is 0 Å². The molecule has 1 aliphatic carbocycles. The Hall–Kier alpha value is -6.94. The number of aromatic nitrogens is 2. The van der Waals surface area contributed by atoms with Gasteiger partial charge in [-0.15, -0.1) is 11.3 Å². The molecule has 0 bridgehead atoms. The Morgan fingerprint density at radius 1 is 0.357 bits per heavy atom. The predicted molar refractivity (Wildman–Crippen MR) is 234 cm³/mol. The van der Waals surface area contributed by atoms with Crippen molar-refractivity contribution in [1.82, 2.24) is 9.97 Å². The van der Waals surface area contributed by atoms with E-state index in [0.717, 1.165) is 39.5 Å². The quantitative estimate of drug-likeness (QED) is 0.170. The van der Waals surface area contributed by atoms with Gasteiger partial charge in [-0.3, -0.25) is 0 Å². The summed E-state index contributed by atoms with van der Waals surface area (Å²) in [4.78, 5) is 10.4. The van der Waals surface area contributed by atoms with Crippen molar-refractivity contribution in [1.29, 1.82) is 0 Å². The molecular formula is C53H34N2S. The minimum absolute atomic E-state index is 0.438. The molecule has 0 saturated heterocycles. The molecule has 0 unspecified atom stereocenters. The van der Waals surface area contributed by atoms with Crippen LogP contribution in [0.2, 0.25) is 0 Å². The van der Waals surface area contributed by atoms with E-state index in [1.165, 1.54) is 59.1 Å². The summed E-state index contributed by atoms with van der Waals surface area (Å²) < 4.78 is 2.52. The first-order valence-corrected chi connectivity index (χ1v) is 19.9. The van der Waals surface area contributed by atoms with Gasteiger partial charge in [-0.2, -0.15) is 0 Å². The maximum Gasteiger partial charge on any atom is 0.160 e. The lowest BCUT2D eigenvalue weighted by Gasteiger charge is -2.34. The van der Waals surface area contributed by atoms with E-state index in [0.29, 0.717) is 0 Å². The molecule has 2 heterocycles. The van der Waals surface area contributed by atoms with Gasteiger partial charge in [0.05, 0.1) is 16.8 Å². The first kappa shape index (κ1) is 32.5. The molecule has 3 heteroatoms. The average Bonchev–Trinajstić information content (AvgIpc) is 3.81. The van der Waals surface area contributed by atoms with Crippen LogP contribution in [0.3, 0.4) is 0 Å². The predicted octanol–water partition coefficient (Wildman–Crippen LogP) is 13.9. The van der Waals surface area contributed by atoms with Crippen LogP contribution in [0.5, 0.6) is 0 Å². The van der Waals surface area contributed by atoms with Crippen molar-refractivity contribution < 1.29 is 0 Å². The van der Waals surface area contributed by atoms with Gasteiger partial charge >= 0.3 is 0 Å². The molecule has 0 fully saturated rings. The Morgan fingerprint density at radius 3 is 1.68 bits per heavy atom. The van der Waals surface area contributed by atoms with Crippen LogP contribution in [0.4, 0.5) is 0 Å². The van der Waals surface area contributed by atoms with E-state index >= 15 is 0 Å². The molecule has 2 nitrogen and oxygen atoms in total. The molecule has 10 aromatic rings. The highest BCUT2D eigenvalue weighted by molar-refractivity contribution is 7.26. The van der Waals surface area contributed by atoms with E-state index in [1.807, 2.05) is 29.5 Å². The van der Waals surface area contributed by atoms with E-state index in [9.17, 15) is 0 Å². The number of nitrogens with zero attached hydrogens (tertiary/aromatic N) is 2. The van der Waals surface area contributed by atoms with Crippen molar-refractivity contribution in [2.45, 2.75) is 5.41 Å². The largest absolute Gasteiger partial charge is 0.228 e. The number of thiophene rings is 1. The van der Waals surface area contributed by atoms with E-state index in [2.05, 4.69) is 188 Å². The van der Waals surface area contributed by atoms with Gasteiger partial charge in [0.25, 0.3) is 0 Å². The van der Waals surface area contributed by atoms with Crippen molar-refractivity contribution in [2.24, 2.45) is 0 Å². The van der Waals surface area contributed by atoms with Crippen LogP contribution in [0.1, 0.15) is 22.3 Å². The minimum Gasteiger partial charge on any atom is -0.228 e. The van der Waals surface area contributed by atoms with Gasteiger partial charge in [0.2, 0.25) is 0 Å². The molecular weight excluding hydrogens is 697 g/mol. The standard InChI is InChI=1S/C53H34N2S/c1-3-15-37(16-4-1)52-54-48(34-49(55-52)45-25-14-24-44-43-23-9-12-28-50(43)56-51(44)45)36-31-29-35(30-32-36)38-17-13-20-40(33-38)53(39-18-5-2-6-19-39)46-26-10-7-21-41(46)42-22-8-11-27-47(42)53/h1-34H. The van der Waals surface area contributed by atoms with Crippen molar-refractivity contribution in [3.05, 3.63) is 229 Å². The minimum atomic E-state index is -0.438. The molecule has 0 spiro atoms. The van der Waals surface area contributed by atoms with E-state index in [1.54, 1.807) is 0 Å². The normalized spacial score (nSPS) is 12.8. The van der Waals surface area contributed by atoms with Gasteiger partial charge in [-0.05, 0) is 62.7 Å². The Balaban J connectivity index is 1.03. The Kier molecular flexibility index (Phi) is 7.61. The van der Waals surface area contributed by atoms with Crippen LogP contribution in [0.15, 0.2) is 206 Å². The van der Waals surface area contributed by atoms with Crippen molar-refractivity contribution in [3.8, 4) is 56.2 Å². The monoisotopic (exact) mass is 730 g/mol. The molecule has 56 heavy (non-hydrogen) atoms. The summed E-state index contributed by atoms with van der Waals surface area (Å²) >= 11 is 1.83. The van der Waals surface area contributed by atoms with Crippen LogP contribution in [0.25, 0.3) is 76.3 Å². The molecule has 11 rings (SSSR count). The number of hydrogen-bond acceptors (Lipinski definition) is 3. The van der Waals surface area contributed by atoms with E-state index in [4.69, 9.17) is 9.97 Å². The second-order valence-corrected chi connectivity index (χ2v) is 15.5. The third kappa shape index (κ3) is 5.09. The summed E-state index contributed by atoms with van der Waals surface area (Å²) in [6, 6.07) is 74.5. The fourth-order valence-electron chi connectivity index (χ4n) is 8.88. The second-order valence-electron chi connectivity index (χ2n) is 14.5. The summed E-state index contributed by atoms with van der Waals surface area (Å²) in [7, 11) is 0. The Bertz CT molecular complexity index is 3030. The van der Waals surface area contributed by atoms with Crippen molar-refractivity contribution in [3.63, 3.8) is 0 Å². The van der Waals surface area contributed by atoms with Gasteiger partial charge in [0, 0.05) is 36.9 Å². The van der Waals surface area contributed by atoms with Gasteiger partial charge in [0.15, 0.2) is 5.82 Å². The van der Waals surface area contributed by atoms with Crippen LogP contribution in [0, 0.1) is 0 Å². The van der Waals surface area contributed by atoms with E-state index in [-0.39, 0.29) is 0 Å². The fourth-order valence-corrected chi connectivity index (χ4v) is 10.1. The summed E-state index contributed by atoms with van der Waals surface area (Å²) in [5, 5.41) is 2.54. The molecule has 2 aromatic heterocycles. The molecule has 0 amide bonds. The number of rotatable bonds is 6. The number of fused-ring (bicyclic) bond motifs is 6. The zero-order valence-electron chi connectivity index (χ0n) is 30.4. The number of benzene rings is 8. The molecule has 8 aromatic carbocycles. The smallest absolute Gasteiger partial charge is 0.160 e. The van der Waals surface area contributed by atoms with Crippen LogP contribution >= 0.6 is 11.3 Å². The third-order valence-electron chi connectivity index (χ3n) is 11.4. The molecule has 0 saturated carbocycles. The lowest BCUT2D eigenvalue weighted by atomic mass is 9.67. The SMILES string of the molecule is c1ccc(-c2nc(-c3ccc(-c4cccc(C5(c6ccccc6)c6ccccc6-c6ccccc65)c4)cc3)cc(-c3cccc4c3sc3ccccc34)n2)cc1. The molecule has 0 N–H and O–H groups in total. The number of hydrogen-bond donors (Lipinski definition) is 0. The van der Waals surface area contributed by atoms with E-state index < -0.39 is 5.41 Å². The summed E-state index contributed by atoms with van der Waals surface area (Å²) in [6.45, 7) is 0.